The van der Waals surface area contributed by atoms with Crippen molar-refractivity contribution in [2.45, 2.75) is 25.2 Å². The van der Waals surface area contributed by atoms with E-state index in [0.29, 0.717) is 38.8 Å². The van der Waals surface area contributed by atoms with Crippen LogP contribution in [0.1, 0.15) is 21.7 Å². The summed E-state index contributed by atoms with van der Waals surface area (Å²) in [6.07, 6.45) is 1.69. The van der Waals surface area contributed by atoms with E-state index in [4.69, 9.17) is 34.8 Å². The normalized spacial score (nSPS) is 10.7. The summed E-state index contributed by atoms with van der Waals surface area (Å²) in [4.78, 5) is 24.9. The summed E-state index contributed by atoms with van der Waals surface area (Å²) in [5, 5.41) is 15.8. The molecular weight excluding hydrogens is 505 g/mol. The molecule has 1 heterocycles. The summed E-state index contributed by atoms with van der Waals surface area (Å²) in [6.45, 7) is 6.16. The van der Waals surface area contributed by atoms with Crippen LogP contribution in [0.4, 0.5) is 5.69 Å². The Hall–Kier alpha value is -2.52. The molecule has 11 heteroatoms. The number of aryl methyl sites for hydroxylation is 1. The monoisotopic (exact) mass is 523 g/mol. The molecule has 0 bridgehead atoms. The number of hydrogen-bond acceptors (Lipinski definition) is 5. The highest BCUT2D eigenvalue weighted by Crippen LogP contribution is 2.23. The molecule has 3 rings (SSSR count). The summed E-state index contributed by atoms with van der Waals surface area (Å²) in [5.41, 5.74) is 1.87. The Kier molecular flexibility index (Phi) is 8.80. The highest BCUT2D eigenvalue weighted by molar-refractivity contribution is 7.99. The lowest BCUT2D eigenvalue weighted by Gasteiger charge is -2.10. The number of halogens is 3. The van der Waals surface area contributed by atoms with E-state index in [1.54, 1.807) is 41.0 Å². The third-order valence-corrected chi connectivity index (χ3v) is 6.23. The SMILES string of the molecule is C=CCn1c(CNC(=O)c2ccc(Cl)cc2Cl)nnc1SCC(=O)Nc1ccc(Cl)cc1C. The van der Waals surface area contributed by atoms with Crippen LogP contribution in [0.25, 0.3) is 0 Å². The fraction of sp³-hybridized carbons (Fsp3) is 0.182. The van der Waals surface area contributed by atoms with Crippen molar-refractivity contribution < 1.29 is 9.59 Å². The lowest BCUT2D eigenvalue weighted by atomic mass is 10.2. The van der Waals surface area contributed by atoms with Crippen LogP contribution in [0.5, 0.6) is 0 Å². The molecule has 0 aliphatic rings. The van der Waals surface area contributed by atoms with Crippen molar-refractivity contribution in [3.63, 3.8) is 0 Å². The second kappa shape index (κ2) is 11.6. The molecule has 2 aromatic carbocycles. The van der Waals surface area contributed by atoms with Crippen LogP contribution in [0, 0.1) is 6.92 Å². The molecule has 1 aromatic heterocycles. The van der Waals surface area contributed by atoms with Crippen LogP contribution in [0.15, 0.2) is 54.2 Å². The van der Waals surface area contributed by atoms with Crippen molar-refractivity contribution in [2.75, 3.05) is 11.1 Å². The largest absolute Gasteiger partial charge is 0.345 e. The number of benzene rings is 2. The van der Waals surface area contributed by atoms with E-state index >= 15 is 0 Å². The molecular formula is C22H20Cl3N5O2S. The zero-order valence-corrected chi connectivity index (χ0v) is 20.7. The van der Waals surface area contributed by atoms with Gasteiger partial charge in [0.25, 0.3) is 5.91 Å². The Bertz CT molecular complexity index is 1200. The number of allylic oxidation sites excluding steroid dienone is 1. The van der Waals surface area contributed by atoms with Gasteiger partial charge in [0.05, 0.1) is 22.9 Å². The molecule has 0 saturated heterocycles. The van der Waals surface area contributed by atoms with Gasteiger partial charge in [-0.25, -0.2) is 0 Å². The Morgan fingerprint density at radius 1 is 1.12 bits per heavy atom. The summed E-state index contributed by atoms with van der Waals surface area (Å²) in [5.74, 6) is 0.0942. The van der Waals surface area contributed by atoms with Crippen LogP contribution in [0.3, 0.4) is 0 Å². The minimum absolute atomic E-state index is 0.120. The van der Waals surface area contributed by atoms with E-state index in [1.165, 1.54) is 17.8 Å². The van der Waals surface area contributed by atoms with E-state index in [2.05, 4.69) is 27.4 Å². The van der Waals surface area contributed by atoms with E-state index in [-0.39, 0.29) is 29.1 Å². The first-order chi connectivity index (χ1) is 15.8. The molecule has 0 atom stereocenters. The molecule has 2 N–H and O–H groups in total. The van der Waals surface area contributed by atoms with Gasteiger partial charge in [-0.15, -0.1) is 16.8 Å². The van der Waals surface area contributed by atoms with Crippen LogP contribution < -0.4 is 10.6 Å². The van der Waals surface area contributed by atoms with Crippen LogP contribution in [-0.4, -0.2) is 32.3 Å². The number of anilines is 1. The second-order valence-electron chi connectivity index (χ2n) is 6.90. The number of aromatic nitrogens is 3. The highest BCUT2D eigenvalue weighted by Gasteiger charge is 2.16. The lowest BCUT2D eigenvalue weighted by Crippen LogP contribution is -2.25. The van der Waals surface area contributed by atoms with Gasteiger partial charge < -0.3 is 15.2 Å². The minimum Gasteiger partial charge on any atom is -0.345 e. The Labute approximate surface area is 210 Å². The van der Waals surface area contributed by atoms with Gasteiger partial charge in [0.1, 0.15) is 0 Å². The molecule has 0 radical (unpaired) electrons. The molecule has 0 fully saturated rings. The third-order valence-electron chi connectivity index (χ3n) is 4.48. The first-order valence-electron chi connectivity index (χ1n) is 9.73. The Morgan fingerprint density at radius 2 is 1.85 bits per heavy atom. The van der Waals surface area contributed by atoms with Crippen LogP contribution in [-0.2, 0) is 17.9 Å². The first-order valence-corrected chi connectivity index (χ1v) is 11.9. The fourth-order valence-electron chi connectivity index (χ4n) is 2.88. The predicted octanol–water partition coefficient (Wildman–Crippen LogP) is 5.39. The number of nitrogens with zero attached hydrogens (tertiary/aromatic N) is 3. The molecule has 0 unspecified atom stereocenters. The summed E-state index contributed by atoms with van der Waals surface area (Å²) >= 11 is 19.2. The number of amides is 2. The van der Waals surface area contributed by atoms with Crippen LogP contribution in [0.2, 0.25) is 15.1 Å². The van der Waals surface area contributed by atoms with E-state index < -0.39 is 0 Å². The summed E-state index contributed by atoms with van der Waals surface area (Å²) < 4.78 is 1.78. The van der Waals surface area contributed by atoms with Crippen molar-refractivity contribution in [1.82, 2.24) is 20.1 Å². The second-order valence-corrected chi connectivity index (χ2v) is 9.12. The van der Waals surface area contributed by atoms with Gasteiger partial charge in [0, 0.05) is 22.3 Å². The molecule has 2 amide bonds. The fourth-order valence-corrected chi connectivity index (χ4v) is 4.37. The van der Waals surface area contributed by atoms with Crippen molar-refractivity contribution in [1.29, 1.82) is 0 Å². The summed E-state index contributed by atoms with van der Waals surface area (Å²) in [7, 11) is 0. The zero-order valence-electron chi connectivity index (χ0n) is 17.6. The van der Waals surface area contributed by atoms with Crippen molar-refractivity contribution >= 4 is 64.1 Å². The van der Waals surface area contributed by atoms with Gasteiger partial charge in [-0.05, 0) is 48.9 Å². The summed E-state index contributed by atoms with van der Waals surface area (Å²) in [6, 6.07) is 9.90. The standard InChI is InChI=1S/C22H20Cl3N5O2S/c1-3-8-30-19(11-26-21(32)16-6-4-15(24)10-17(16)25)28-29-22(30)33-12-20(31)27-18-7-5-14(23)9-13(18)2/h3-7,9-10H,1,8,11-12H2,2H3,(H,26,32)(H,27,31). The van der Waals surface area contributed by atoms with E-state index in [1.807, 2.05) is 6.92 Å². The Balaban J connectivity index is 1.63. The number of nitrogens with one attached hydrogen (secondary N) is 2. The molecule has 0 aliphatic heterocycles. The van der Waals surface area contributed by atoms with Gasteiger partial charge in [0.2, 0.25) is 5.91 Å². The lowest BCUT2D eigenvalue weighted by molar-refractivity contribution is -0.113. The number of hydrogen-bond donors (Lipinski definition) is 2. The molecule has 0 saturated carbocycles. The van der Waals surface area contributed by atoms with Gasteiger partial charge in [0.15, 0.2) is 11.0 Å². The van der Waals surface area contributed by atoms with Gasteiger partial charge in [-0.2, -0.15) is 0 Å². The maximum atomic E-state index is 12.5. The number of carbonyl (C=O) groups excluding carboxylic acids is 2. The third kappa shape index (κ3) is 6.74. The van der Waals surface area contributed by atoms with Crippen molar-refractivity contribution in [3.8, 4) is 0 Å². The average molecular weight is 525 g/mol. The zero-order chi connectivity index (χ0) is 24.0. The average Bonchev–Trinajstić information content (AvgIpc) is 3.14. The first kappa shape index (κ1) is 25.1. The minimum atomic E-state index is -0.364. The molecule has 0 aliphatic carbocycles. The molecule has 0 spiro atoms. The molecule has 3 aromatic rings. The maximum Gasteiger partial charge on any atom is 0.253 e. The number of carbonyl (C=O) groups is 2. The molecule has 7 nitrogen and oxygen atoms in total. The predicted molar refractivity (Wildman–Crippen MR) is 133 cm³/mol. The van der Waals surface area contributed by atoms with E-state index in [9.17, 15) is 9.59 Å². The van der Waals surface area contributed by atoms with Crippen molar-refractivity contribution in [2.24, 2.45) is 0 Å². The van der Waals surface area contributed by atoms with Gasteiger partial charge >= 0.3 is 0 Å². The van der Waals surface area contributed by atoms with Crippen molar-refractivity contribution in [3.05, 3.63) is 81.1 Å². The topological polar surface area (TPSA) is 88.9 Å². The van der Waals surface area contributed by atoms with E-state index in [0.717, 1.165) is 5.56 Å². The molecule has 172 valence electrons. The highest BCUT2D eigenvalue weighted by atomic mass is 35.5. The number of thioether (sulfide) groups is 1. The molecule has 33 heavy (non-hydrogen) atoms. The smallest absolute Gasteiger partial charge is 0.253 e. The Morgan fingerprint density at radius 3 is 2.55 bits per heavy atom. The quantitative estimate of drug-likeness (QED) is 0.289. The van der Waals surface area contributed by atoms with Gasteiger partial charge in [-0.3, -0.25) is 9.59 Å². The van der Waals surface area contributed by atoms with Crippen LogP contribution >= 0.6 is 46.6 Å². The van der Waals surface area contributed by atoms with Gasteiger partial charge in [-0.1, -0.05) is 52.6 Å². The number of rotatable bonds is 9. The maximum absolute atomic E-state index is 12.5.